The Labute approximate surface area is 105 Å². The van der Waals surface area contributed by atoms with Gasteiger partial charge < -0.3 is 15.5 Å². The van der Waals surface area contributed by atoms with Gasteiger partial charge in [-0.3, -0.25) is 4.98 Å². The number of oxazole rings is 1. The van der Waals surface area contributed by atoms with E-state index in [1.807, 2.05) is 32.2 Å². The van der Waals surface area contributed by atoms with Crippen LogP contribution in [0.5, 0.6) is 0 Å². The minimum absolute atomic E-state index is 0.190. The molecule has 2 aromatic rings. The molecular weight excluding hydrogens is 230 g/mol. The van der Waals surface area contributed by atoms with Crippen LogP contribution in [0.4, 0.5) is 0 Å². The van der Waals surface area contributed by atoms with Crippen LogP contribution in [0.1, 0.15) is 31.4 Å². The van der Waals surface area contributed by atoms with Crippen molar-refractivity contribution in [1.82, 2.24) is 10.3 Å². The lowest BCUT2D eigenvalue weighted by Crippen LogP contribution is -2.21. The Morgan fingerprint density at radius 3 is 2.89 bits per heavy atom. The van der Waals surface area contributed by atoms with Gasteiger partial charge in [-0.2, -0.15) is 0 Å². The molecular formula is C13H19N3O2. The second kappa shape index (κ2) is 5.37. The third-order valence-corrected chi connectivity index (χ3v) is 3.11. The van der Waals surface area contributed by atoms with E-state index in [9.17, 15) is 4.79 Å². The van der Waals surface area contributed by atoms with Crippen LogP contribution in [0.25, 0.3) is 11.1 Å². The van der Waals surface area contributed by atoms with E-state index in [1.165, 1.54) is 0 Å². The molecule has 2 atom stereocenters. The van der Waals surface area contributed by atoms with Crippen LogP contribution in [-0.4, -0.2) is 18.1 Å². The number of fused-ring (bicyclic) bond motifs is 1. The fraction of sp³-hybridized carbons (Fsp3) is 0.462. The number of rotatable bonds is 5. The molecule has 1 aromatic heterocycles. The van der Waals surface area contributed by atoms with Crippen molar-refractivity contribution < 1.29 is 4.42 Å². The van der Waals surface area contributed by atoms with Gasteiger partial charge in [-0.25, -0.2) is 4.79 Å². The van der Waals surface area contributed by atoms with Gasteiger partial charge in [-0.05, 0) is 44.5 Å². The third kappa shape index (κ3) is 2.80. The van der Waals surface area contributed by atoms with Crippen molar-refractivity contribution in [3.8, 4) is 0 Å². The number of nitrogens with one attached hydrogen (secondary N) is 2. The molecule has 2 unspecified atom stereocenters. The lowest BCUT2D eigenvalue weighted by atomic mass is 10.00. The zero-order valence-corrected chi connectivity index (χ0v) is 10.7. The first-order valence-electron chi connectivity index (χ1n) is 6.15. The topological polar surface area (TPSA) is 84.0 Å². The van der Waals surface area contributed by atoms with Crippen molar-refractivity contribution in [2.24, 2.45) is 5.73 Å². The number of hydrogen-bond acceptors (Lipinski definition) is 4. The summed E-state index contributed by atoms with van der Waals surface area (Å²) in [7, 11) is 1.92. The summed E-state index contributed by atoms with van der Waals surface area (Å²) >= 11 is 0. The molecule has 98 valence electrons. The molecule has 0 spiro atoms. The average Bonchev–Trinajstić information content (AvgIpc) is 2.68. The molecule has 0 bridgehead atoms. The minimum Gasteiger partial charge on any atom is -0.408 e. The summed E-state index contributed by atoms with van der Waals surface area (Å²) in [5.41, 5.74) is 8.20. The SMILES string of the molecule is CNC(CCC(C)N)c1ccc2[nH]c(=O)oc2c1. The summed E-state index contributed by atoms with van der Waals surface area (Å²) in [5, 5.41) is 3.26. The van der Waals surface area contributed by atoms with E-state index in [2.05, 4.69) is 10.3 Å². The highest BCUT2D eigenvalue weighted by molar-refractivity contribution is 5.72. The molecule has 0 saturated carbocycles. The van der Waals surface area contributed by atoms with E-state index in [0.29, 0.717) is 5.58 Å². The first-order valence-corrected chi connectivity index (χ1v) is 6.15. The van der Waals surface area contributed by atoms with Gasteiger partial charge in [0.25, 0.3) is 0 Å². The molecule has 0 radical (unpaired) electrons. The lowest BCUT2D eigenvalue weighted by molar-refractivity contribution is 0.495. The molecule has 0 fully saturated rings. The van der Waals surface area contributed by atoms with E-state index >= 15 is 0 Å². The first kappa shape index (κ1) is 12.9. The molecule has 0 aliphatic rings. The summed E-state index contributed by atoms with van der Waals surface area (Å²) in [6.45, 7) is 2.00. The van der Waals surface area contributed by atoms with Gasteiger partial charge in [0.2, 0.25) is 0 Å². The smallest absolute Gasteiger partial charge is 0.408 e. The maximum Gasteiger partial charge on any atom is 0.417 e. The fourth-order valence-corrected chi connectivity index (χ4v) is 2.09. The van der Waals surface area contributed by atoms with Crippen LogP contribution in [0.2, 0.25) is 0 Å². The average molecular weight is 249 g/mol. The number of nitrogens with two attached hydrogens (primary N) is 1. The highest BCUT2D eigenvalue weighted by Crippen LogP contribution is 2.22. The van der Waals surface area contributed by atoms with Crippen LogP contribution in [0.3, 0.4) is 0 Å². The van der Waals surface area contributed by atoms with Gasteiger partial charge in [0, 0.05) is 12.1 Å². The summed E-state index contributed by atoms with van der Waals surface area (Å²) in [4.78, 5) is 13.7. The van der Waals surface area contributed by atoms with Gasteiger partial charge in [0.15, 0.2) is 5.58 Å². The summed E-state index contributed by atoms with van der Waals surface area (Å²) in [6, 6.07) is 6.17. The predicted octanol–water partition coefficient (Wildman–Crippen LogP) is 1.51. The Hall–Kier alpha value is -1.59. The van der Waals surface area contributed by atoms with Crippen LogP contribution < -0.4 is 16.8 Å². The van der Waals surface area contributed by atoms with Gasteiger partial charge >= 0.3 is 5.76 Å². The van der Waals surface area contributed by atoms with E-state index in [4.69, 9.17) is 10.2 Å². The number of benzene rings is 1. The maximum absolute atomic E-state index is 11.1. The standard InChI is InChI=1S/C13H19N3O2/c1-8(14)3-5-10(15-2)9-4-6-11-12(7-9)18-13(17)16-11/h4,6-8,10,15H,3,5,14H2,1-2H3,(H,16,17). The maximum atomic E-state index is 11.1. The summed E-state index contributed by atoms with van der Waals surface area (Å²) in [5.74, 6) is -0.418. The number of aromatic nitrogens is 1. The Bertz CT molecular complexity index is 571. The second-order valence-electron chi connectivity index (χ2n) is 4.67. The normalized spacial score (nSPS) is 14.8. The highest BCUT2D eigenvalue weighted by atomic mass is 16.4. The Morgan fingerprint density at radius 1 is 1.44 bits per heavy atom. The van der Waals surface area contributed by atoms with Crippen molar-refractivity contribution in [3.05, 3.63) is 34.3 Å². The fourth-order valence-electron chi connectivity index (χ4n) is 2.09. The quantitative estimate of drug-likeness (QED) is 0.750. The molecule has 0 aliphatic carbocycles. The Balaban J connectivity index is 2.24. The van der Waals surface area contributed by atoms with Crippen LogP contribution in [0.15, 0.2) is 27.4 Å². The molecule has 2 rings (SSSR count). The van der Waals surface area contributed by atoms with Crippen LogP contribution in [0, 0.1) is 0 Å². The predicted molar refractivity (Wildman–Crippen MR) is 71.5 cm³/mol. The summed E-state index contributed by atoms with van der Waals surface area (Å²) in [6.07, 6.45) is 1.90. The van der Waals surface area contributed by atoms with Gasteiger partial charge in [-0.1, -0.05) is 6.07 Å². The van der Waals surface area contributed by atoms with E-state index in [0.717, 1.165) is 23.9 Å². The molecule has 0 amide bonds. The zero-order valence-electron chi connectivity index (χ0n) is 10.7. The Morgan fingerprint density at radius 2 is 2.22 bits per heavy atom. The lowest BCUT2D eigenvalue weighted by Gasteiger charge is -2.17. The molecule has 18 heavy (non-hydrogen) atoms. The van der Waals surface area contributed by atoms with Crippen molar-refractivity contribution in [2.75, 3.05) is 7.05 Å². The van der Waals surface area contributed by atoms with Crippen molar-refractivity contribution >= 4 is 11.1 Å². The van der Waals surface area contributed by atoms with E-state index in [1.54, 1.807) is 0 Å². The number of hydrogen-bond donors (Lipinski definition) is 3. The largest absolute Gasteiger partial charge is 0.417 e. The Kier molecular flexibility index (Phi) is 3.84. The first-order chi connectivity index (χ1) is 8.60. The third-order valence-electron chi connectivity index (χ3n) is 3.11. The number of aromatic amines is 1. The second-order valence-corrected chi connectivity index (χ2v) is 4.67. The van der Waals surface area contributed by atoms with Gasteiger partial charge in [0.1, 0.15) is 0 Å². The highest BCUT2D eigenvalue weighted by Gasteiger charge is 2.12. The molecule has 1 aromatic carbocycles. The number of H-pyrrole nitrogens is 1. The molecule has 0 saturated heterocycles. The zero-order chi connectivity index (χ0) is 13.1. The van der Waals surface area contributed by atoms with Crippen molar-refractivity contribution in [1.29, 1.82) is 0 Å². The summed E-state index contributed by atoms with van der Waals surface area (Å²) < 4.78 is 5.07. The van der Waals surface area contributed by atoms with Gasteiger partial charge in [0.05, 0.1) is 5.52 Å². The van der Waals surface area contributed by atoms with E-state index in [-0.39, 0.29) is 12.1 Å². The van der Waals surface area contributed by atoms with Crippen LogP contribution in [-0.2, 0) is 0 Å². The van der Waals surface area contributed by atoms with E-state index < -0.39 is 5.76 Å². The molecule has 4 N–H and O–H groups in total. The minimum atomic E-state index is -0.418. The molecule has 5 nitrogen and oxygen atoms in total. The molecule has 1 heterocycles. The monoisotopic (exact) mass is 249 g/mol. The molecule has 5 heteroatoms. The van der Waals surface area contributed by atoms with Crippen molar-refractivity contribution in [2.45, 2.75) is 31.8 Å². The van der Waals surface area contributed by atoms with Crippen LogP contribution >= 0.6 is 0 Å². The van der Waals surface area contributed by atoms with Crippen molar-refractivity contribution in [3.63, 3.8) is 0 Å². The molecule has 0 aliphatic heterocycles. The van der Waals surface area contributed by atoms with Gasteiger partial charge in [-0.15, -0.1) is 0 Å².